The summed E-state index contributed by atoms with van der Waals surface area (Å²) < 4.78 is 15.9. The zero-order chi connectivity index (χ0) is 16.4. The molecule has 0 aliphatic carbocycles. The van der Waals surface area contributed by atoms with E-state index in [-0.39, 0.29) is 18.4 Å². The maximum atomic E-state index is 12.3. The van der Waals surface area contributed by atoms with Crippen molar-refractivity contribution < 1.29 is 18.5 Å². The lowest BCUT2D eigenvalue weighted by molar-refractivity contribution is -0.126. The van der Waals surface area contributed by atoms with Crippen molar-refractivity contribution in [3.05, 3.63) is 54.0 Å². The summed E-state index contributed by atoms with van der Waals surface area (Å²) in [6, 6.07) is 11.2. The highest BCUT2D eigenvalue weighted by atomic mass is 16.5. The molecule has 1 aliphatic rings. The van der Waals surface area contributed by atoms with Crippen molar-refractivity contribution in [2.75, 3.05) is 6.61 Å². The van der Waals surface area contributed by atoms with E-state index in [1.807, 2.05) is 24.3 Å². The molecule has 0 fully saturated rings. The van der Waals surface area contributed by atoms with Gasteiger partial charge in [0, 0.05) is 0 Å². The lowest BCUT2D eigenvalue weighted by Gasteiger charge is -2.24. The van der Waals surface area contributed by atoms with Gasteiger partial charge in [-0.1, -0.05) is 23.4 Å². The van der Waals surface area contributed by atoms with Gasteiger partial charge in [-0.3, -0.25) is 4.79 Å². The number of carbonyl (C=O) groups is 1. The fourth-order valence-electron chi connectivity index (χ4n) is 2.63. The Morgan fingerprint density at radius 1 is 1.25 bits per heavy atom. The number of aromatic nitrogens is 2. The van der Waals surface area contributed by atoms with Gasteiger partial charge in [0.05, 0.1) is 18.7 Å². The molecule has 1 aliphatic heterocycles. The van der Waals surface area contributed by atoms with E-state index in [0.29, 0.717) is 30.5 Å². The monoisotopic (exact) mass is 325 g/mol. The molecule has 7 heteroatoms. The molecule has 1 N–H and O–H groups in total. The molecule has 3 aromatic rings. The average molecular weight is 325 g/mol. The standard InChI is InChI=1S/C17H15N3O4/c21-16(12-8-11-4-1-2-5-13(11)23-10-12)18-9-15-19-17(24-20-15)14-6-3-7-22-14/h1-7,12H,8-10H2,(H,18,21). The van der Waals surface area contributed by atoms with Crippen LogP contribution in [0.5, 0.6) is 5.75 Å². The highest BCUT2D eigenvalue weighted by molar-refractivity contribution is 5.79. The first-order valence-electron chi connectivity index (χ1n) is 7.64. The number of rotatable bonds is 4. The Hall–Kier alpha value is -3.09. The third kappa shape index (κ3) is 2.88. The van der Waals surface area contributed by atoms with Crippen molar-refractivity contribution in [1.29, 1.82) is 0 Å². The minimum atomic E-state index is -0.226. The smallest absolute Gasteiger partial charge is 0.293 e. The van der Waals surface area contributed by atoms with Gasteiger partial charge in [-0.15, -0.1) is 0 Å². The number of nitrogens with zero attached hydrogens (tertiary/aromatic N) is 2. The molecule has 0 spiro atoms. The van der Waals surface area contributed by atoms with Gasteiger partial charge in [0.15, 0.2) is 11.6 Å². The maximum absolute atomic E-state index is 12.3. The summed E-state index contributed by atoms with van der Waals surface area (Å²) >= 11 is 0. The Kier molecular flexibility index (Phi) is 3.74. The summed E-state index contributed by atoms with van der Waals surface area (Å²) in [5.74, 6) is 1.72. The van der Waals surface area contributed by atoms with E-state index in [0.717, 1.165) is 11.3 Å². The third-order valence-electron chi connectivity index (χ3n) is 3.87. The van der Waals surface area contributed by atoms with E-state index in [4.69, 9.17) is 13.7 Å². The minimum absolute atomic E-state index is 0.0890. The van der Waals surface area contributed by atoms with Crippen LogP contribution in [0.15, 0.2) is 51.6 Å². The van der Waals surface area contributed by atoms with Crippen LogP contribution in [0.2, 0.25) is 0 Å². The summed E-state index contributed by atoms with van der Waals surface area (Å²) in [7, 11) is 0. The topological polar surface area (TPSA) is 90.4 Å². The van der Waals surface area contributed by atoms with E-state index in [1.165, 1.54) is 6.26 Å². The summed E-state index contributed by atoms with van der Waals surface area (Å²) in [6.07, 6.45) is 2.19. The SMILES string of the molecule is O=C(NCc1noc(-c2ccco2)n1)C1COc2ccccc2C1. The number of carbonyl (C=O) groups excluding carboxylic acids is 1. The molecule has 2 aromatic heterocycles. The fourth-order valence-corrected chi connectivity index (χ4v) is 2.63. The minimum Gasteiger partial charge on any atom is -0.492 e. The van der Waals surface area contributed by atoms with Crippen molar-refractivity contribution in [2.45, 2.75) is 13.0 Å². The molecular formula is C17H15N3O4. The Balaban J connectivity index is 1.36. The highest BCUT2D eigenvalue weighted by Gasteiger charge is 2.25. The van der Waals surface area contributed by atoms with Gasteiger partial charge in [0.1, 0.15) is 12.4 Å². The molecule has 1 unspecified atom stereocenters. The van der Waals surface area contributed by atoms with Crippen LogP contribution >= 0.6 is 0 Å². The van der Waals surface area contributed by atoms with Crippen LogP contribution in [0.1, 0.15) is 11.4 Å². The number of ether oxygens (including phenoxy) is 1. The zero-order valence-electron chi connectivity index (χ0n) is 12.8. The van der Waals surface area contributed by atoms with Crippen LogP contribution in [0.4, 0.5) is 0 Å². The van der Waals surface area contributed by atoms with Gasteiger partial charge in [-0.2, -0.15) is 4.98 Å². The number of benzene rings is 1. The van der Waals surface area contributed by atoms with Crippen molar-refractivity contribution in [3.63, 3.8) is 0 Å². The van der Waals surface area contributed by atoms with E-state index >= 15 is 0 Å². The molecular weight excluding hydrogens is 310 g/mol. The van der Waals surface area contributed by atoms with Crippen molar-refractivity contribution in [2.24, 2.45) is 5.92 Å². The van der Waals surface area contributed by atoms with Gasteiger partial charge >= 0.3 is 0 Å². The molecule has 3 heterocycles. The second-order valence-corrected chi connectivity index (χ2v) is 5.53. The molecule has 1 atom stereocenters. The first-order chi connectivity index (χ1) is 11.8. The van der Waals surface area contributed by atoms with Crippen molar-refractivity contribution >= 4 is 5.91 Å². The predicted molar refractivity (Wildman–Crippen MR) is 83.0 cm³/mol. The lowest BCUT2D eigenvalue weighted by atomic mass is 9.96. The predicted octanol–water partition coefficient (Wildman–Crippen LogP) is 2.20. The first-order valence-corrected chi connectivity index (χ1v) is 7.64. The van der Waals surface area contributed by atoms with Gasteiger partial charge in [0.25, 0.3) is 5.89 Å². The number of fused-ring (bicyclic) bond motifs is 1. The average Bonchev–Trinajstić information content (AvgIpc) is 3.30. The Labute approximate surface area is 137 Å². The maximum Gasteiger partial charge on any atom is 0.293 e. The Bertz CT molecular complexity index is 841. The fraction of sp³-hybridized carbons (Fsp3) is 0.235. The number of amides is 1. The summed E-state index contributed by atoms with van der Waals surface area (Å²) in [4.78, 5) is 16.5. The first kappa shape index (κ1) is 14.5. The van der Waals surface area contributed by atoms with Crippen molar-refractivity contribution in [1.82, 2.24) is 15.5 Å². The second kappa shape index (κ2) is 6.19. The quantitative estimate of drug-likeness (QED) is 0.791. The molecule has 0 bridgehead atoms. The van der Waals surface area contributed by atoms with Crippen molar-refractivity contribution in [3.8, 4) is 17.4 Å². The molecule has 24 heavy (non-hydrogen) atoms. The van der Waals surface area contributed by atoms with E-state index < -0.39 is 0 Å². The van der Waals surface area contributed by atoms with Crippen LogP contribution in [-0.4, -0.2) is 22.7 Å². The Morgan fingerprint density at radius 3 is 3.04 bits per heavy atom. The van der Waals surface area contributed by atoms with Gasteiger partial charge in [0.2, 0.25) is 5.91 Å². The summed E-state index contributed by atoms with van der Waals surface area (Å²) in [6.45, 7) is 0.563. The number of furan rings is 1. The number of hydrogen-bond donors (Lipinski definition) is 1. The molecule has 1 amide bonds. The molecule has 4 rings (SSSR count). The van der Waals surface area contributed by atoms with Gasteiger partial charge in [-0.25, -0.2) is 0 Å². The van der Waals surface area contributed by atoms with E-state index in [1.54, 1.807) is 12.1 Å². The zero-order valence-corrected chi connectivity index (χ0v) is 12.8. The second-order valence-electron chi connectivity index (χ2n) is 5.53. The lowest BCUT2D eigenvalue weighted by Crippen LogP contribution is -2.37. The highest BCUT2D eigenvalue weighted by Crippen LogP contribution is 2.26. The van der Waals surface area contributed by atoms with Gasteiger partial charge < -0.3 is 19.0 Å². The molecule has 0 saturated carbocycles. The third-order valence-corrected chi connectivity index (χ3v) is 3.87. The molecule has 0 radical (unpaired) electrons. The summed E-state index contributed by atoms with van der Waals surface area (Å²) in [5.41, 5.74) is 1.04. The van der Waals surface area contributed by atoms with Crippen LogP contribution < -0.4 is 10.1 Å². The molecule has 1 aromatic carbocycles. The summed E-state index contributed by atoms with van der Waals surface area (Å²) in [5, 5.41) is 6.66. The van der Waals surface area contributed by atoms with Gasteiger partial charge in [-0.05, 0) is 30.2 Å². The van der Waals surface area contributed by atoms with Crippen LogP contribution in [0.25, 0.3) is 11.7 Å². The molecule has 122 valence electrons. The van der Waals surface area contributed by atoms with Crippen LogP contribution in [-0.2, 0) is 17.8 Å². The molecule has 7 nitrogen and oxygen atoms in total. The number of para-hydroxylation sites is 1. The van der Waals surface area contributed by atoms with E-state index in [9.17, 15) is 4.79 Å². The van der Waals surface area contributed by atoms with Crippen LogP contribution in [0, 0.1) is 5.92 Å². The van der Waals surface area contributed by atoms with E-state index in [2.05, 4.69) is 15.5 Å². The normalized spacial score (nSPS) is 16.2. The number of hydrogen-bond acceptors (Lipinski definition) is 6. The molecule has 0 saturated heterocycles. The number of nitrogens with one attached hydrogen (secondary N) is 1. The van der Waals surface area contributed by atoms with Crippen LogP contribution in [0.3, 0.4) is 0 Å². The Morgan fingerprint density at radius 2 is 2.17 bits per heavy atom. The largest absolute Gasteiger partial charge is 0.492 e.